The molecule has 0 radical (unpaired) electrons. The monoisotopic (exact) mass is 381 g/mol. The van der Waals surface area contributed by atoms with Crippen molar-refractivity contribution < 1.29 is 13.2 Å². The molecule has 1 heterocycles. The summed E-state index contributed by atoms with van der Waals surface area (Å²) in [6.45, 7) is 0.581. The van der Waals surface area contributed by atoms with Gasteiger partial charge in [0.05, 0.1) is 4.90 Å². The van der Waals surface area contributed by atoms with Crippen LogP contribution in [0.2, 0.25) is 0 Å². The van der Waals surface area contributed by atoms with Gasteiger partial charge in [-0.1, -0.05) is 30.3 Å². The molecule has 0 aliphatic heterocycles. The number of hydrogen-bond acceptors (Lipinski definition) is 4. The summed E-state index contributed by atoms with van der Waals surface area (Å²) < 4.78 is 27.3. The number of aromatic nitrogens is 1. The summed E-state index contributed by atoms with van der Waals surface area (Å²) in [4.78, 5) is 16.2. The van der Waals surface area contributed by atoms with Crippen LogP contribution in [0, 0.1) is 0 Å². The van der Waals surface area contributed by atoms with Gasteiger partial charge in [-0.3, -0.25) is 9.78 Å². The van der Waals surface area contributed by atoms with Crippen molar-refractivity contribution in [2.75, 3.05) is 0 Å². The second kappa shape index (κ2) is 8.57. The number of carbonyl (C=O) groups is 1. The smallest absolute Gasteiger partial charge is 0.251 e. The van der Waals surface area contributed by atoms with Gasteiger partial charge < -0.3 is 5.32 Å². The molecular formula is C20H19N3O3S. The van der Waals surface area contributed by atoms with Gasteiger partial charge in [-0.25, -0.2) is 13.1 Å². The van der Waals surface area contributed by atoms with Crippen molar-refractivity contribution in [2.45, 2.75) is 18.0 Å². The lowest BCUT2D eigenvalue weighted by Crippen LogP contribution is -2.24. The highest BCUT2D eigenvalue weighted by Crippen LogP contribution is 2.12. The molecule has 2 N–H and O–H groups in total. The number of pyridine rings is 1. The van der Waals surface area contributed by atoms with Crippen molar-refractivity contribution in [1.82, 2.24) is 15.0 Å². The van der Waals surface area contributed by atoms with Crippen LogP contribution in [0.25, 0.3) is 0 Å². The zero-order chi connectivity index (χ0) is 19.1. The second-order valence-corrected chi connectivity index (χ2v) is 7.64. The van der Waals surface area contributed by atoms with Crippen LogP contribution < -0.4 is 10.0 Å². The highest BCUT2D eigenvalue weighted by molar-refractivity contribution is 7.89. The van der Waals surface area contributed by atoms with E-state index in [9.17, 15) is 13.2 Å². The van der Waals surface area contributed by atoms with Crippen molar-refractivity contribution in [3.05, 3.63) is 95.8 Å². The Morgan fingerprint density at radius 1 is 0.815 bits per heavy atom. The summed E-state index contributed by atoms with van der Waals surface area (Å²) in [6, 6.07) is 18.7. The van der Waals surface area contributed by atoms with Crippen molar-refractivity contribution in [3.63, 3.8) is 0 Å². The van der Waals surface area contributed by atoms with Gasteiger partial charge in [0.15, 0.2) is 0 Å². The van der Waals surface area contributed by atoms with Crippen LogP contribution in [0.4, 0.5) is 0 Å². The minimum atomic E-state index is -3.64. The maximum Gasteiger partial charge on any atom is 0.251 e. The first-order valence-electron chi connectivity index (χ1n) is 8.35. The molecular weight excluding hydrogens is 362 g/mol. The highest BCUT2D eigenvalue weighted by atomic mass is 32.2. The van der Waals surface area contributed by atoms with Gasteiger partial charge in [0, 0.05) is 31.0 Å². The highest BCUT2D eigenvalue weighted by Gasteiger charge is 2.14. The molecule has 138 valence electrons. The van der Waals surface area contributed by atoms with E-state index in [2.05, 4.69) is 15.0 Å². The van der Waals surface area contributed by atoms with E-state index in [0.717, 1.165) is 11.1 Å². The van der Waals surface area contributed by atoms with Gasteiger partial charge in [0.1, 0.15) is 0 Å². The molecule has 0 aliphatic carbocycles. The summed E-state index contributed by atoms with van der Waals surface area (Å²) in [7, 11) is -3.64. The van der Waals surface area contributed by atoms with E-state index in [1.165, 1.54) is 24.3 Å². The van der Waals surface area contributed by atoms with Gasteiger partial charge in [-0.05, 0) is 47.5 Å². The normalized spacial score (nSPS) is 11.1. The Morgan fingerprint density at radius 3 is 2.11 bits per heavy atom. The van der Waals surface area contributed by atoms with Gasteiger partial charge in [-0.2, -0.15) is 0 Å². The molecule has 0 saturated heterocycles. The maximum atomic E-state index is 12.4. The third-order valence-corrected chi connectivity index (χ3v) is 5.36. The topological polar surface area (TPSA) is 88.2 Å². The molecule has 0 aliphatic rings. The van der Waals surface area contributed by atoms with E-state index in [4.69, 9.17) is 0 Å². The number of nitrogens with one attached hydrogen (secondary N) is 2. The van der Waals surface area contributed by atoms with Crippen LogP contribution in [-0.2, 0) is 23.1 Å². The molecule has 0 unspecified atom stereocenters. The zero-order valence-corrected chi connectivity index (χ0v) is 15.3. The molecule has 6 nitrogen and oxygen atoms in total. The lowest BCUT2D eigenvalue weighted by molar-refractivity contribution is 0.0951. The summed E-state index contributed by atoms with van der Waals surface area (Å²) in [5.41, 5.74) is 2.20. The Labute approximate surface area is 158 Å². The van der Waals surface area contributed by atoms with Crippen molar-refractivity contribution in [2.24, 2.45) is 0 Å². The predicted molar refractivity (Wildman–Crippen MR) is 102 cm³/mol. The lowest BCUT2D eigenvalue weighted by atomic mass is 10.2. The summed E-state index contributed by atoms with van der Waals surface area (Å²) in [5.74, 6) is -0.270. The molecule has 0 bridgehead atoms. The molecule has 0 spiro atoms. The van der Waals surface area contributed by atoms with Crippen LogP contribution >= 0.6 is 0 Å². The number of benzene rings is 2. The third kappa shape index (κ3) is 5.22. The summed E-state index contributed by atoms with van der Waals surface area (Å²) in [5, 5.41) is 2.79. The molecule has 0 atom stereocenters. The van der Waals surface area contributed by atoms with E-state index in [1.54, 1.807) is 12.4 Å². The quantitative estimate of drug-likeness (QED) is 0.658. The Balaban J connectivity index is 1.61. The third-order valence-electron chi connectivity index (χ3n) is 3.94. The minimum Gasteiger partial charge on any atom is -0.348 e. The number of hydrogen-bond donors (Lipinski definition) is 2. The number of nitrogens with zero attached hydrogens (tertiary/aromatic N) is 1. The Morgan fingerprint density at radius 2 is 1.44 bits per heavy atom. The Kier molecular flexibility index (Phi) is 5.95. The molecule has 3 rings (SSSR count). The standard InChI is InChI=1S/C20H19N3O3S/c24-20(22-14-17-10-12-21-13-11-17)18-6-8-19(9-7-18)27(25,26)23-15-16-4-2-1-3-5-16/h1-13,23H,14-15H2,(H,22,24). The lowest BCUT2D eigenvalue weighted by Gasteiger charge is -2.08. The van der Waals surface area contributed by atoms with Gasteiger partial charge in [-0.15, -0.1) is 0 Å². The predicted octanol–water partition coefficient (Wildman–Crippen LogP) is 2.49. The first kappa shape index (κ1) is 18.8. The molecule has 27 heavy (non-hydrogen) atoms. The Hall–Kier alpha value is -3.03. The first-order chi connectivity index (χ1) is 13.0. The fourth-order valence-corrected chi connectivity index (χ4v) is 3.45. The number of sulfonamides is 1. The van der Waals surface area contributed by atoms with Gasteiger partial charge in [0.25, 0.3) is 5.91 Å². The van der Waals surface area contributed by atoms with Crippen LogP contribution in [0.3, 0.4) is 0 Å². The molecule has 2 aromatic carbocycles. The number of amides is 1. The average molecular weight is 381 g/mol. The minimum absolute atomic E-state index is 0.115. The second-order valence-electron chi connectivity index (χ2n) is 5.87. The van der Waals surface area contributed by atoms with Crippen molar-refractivity contribution in [1.29, 1.82) is 0 Å². The van der Waals surface area contributed by atoms with Crippen LogP contribution in [0.5, 0.6) is 0 Å². The summed E-state index contributed by atoms with van der Waals surface area (Å²) >= 11 is 0. The SMILES string of the molecule is O=C(NCc1ccncc1)c1ccc(S(=O)(=O)NCc2ccccc2)cc1. The fraction of sp³-hybridized carbons (Fsp3) is 0.100. The van der Waals surface area contributed by atoms with E-state index >= 15 is 0 Å². The van der Waals surface area contributed by atoms with E-state index in [1.807, 2.05) is 42.5 Å². The molecule has 7 heteroatoms. The van der Waals surface area contributed by atoms with Crippen molar-refractivity contribution >= 4 is 15.9 Å². The first-order valence-corrected chi connectivity index (χ1v) is 9.84. The van der Waals surface area contributed by atoms with Crippen LogP contribution in [0.1, 0.15) is 21.5 Å². The van der Waals surface area contributed by atoms with E-state index in [-0.39, 0.29) is 17.3 Å². The molecule has 0 saturated carbocycles. The number of rotatable bonds is 7. The van der Waals surface area contributed by atoms with Crippen molar-refractivity contribution in [3.8, 4) is 0 Å². The number of carbonyl (C=O) groups excluding carboxylic acids is 1. The fourth-order valence-electron chi connectivity index (χ4n) is 2.43. The van der Waals surface area contributed by atoms with Gasteiger partial charge >= 0.3 is 0 Å². The van der Waals surface area contributed by atoms with Crippen LogP contribution in [-0.4, -0.2) is 19.3 Å². The molecule has 1 amide bonds. The largest absolute Gasteiger partial charge is 0.348 e. The molecule has 0 fully saturated rings. The summed E-state index contributed by atoms with van der Waals surface area (Å²) in [6.07, 6.45) is 3.31. The van der Waals surface area contributed by atoms with Gasteiger partial charge in [0.2, 0.25) is 10.0 Å². The van der Waals surface area contributed by atoms with Crippen LogP contribution in [0.15, 0.2) is 84.0 Å². The molecule has 3 aromatic rings. The van der Waals surface area contributed by atoms with E-state index < -0.39 is 10.0 Å². The van der Waals surface area contributed by atoms with E-state index in [0.29, 0.717) is 12.1 Å². The average Bonchev–Trinajstić information content (AvgIpc) is 2.72. The molecule has 1 aromatic heterocycles. The maximum absolute atomic E-state index is 12.4. The Bertz CT molecular complexity index is 990. The zero-order valence-electron chi connectivity index (χ0n) is 14.5.